The Labute approximate surface area is 118 Å². The summed E-state index contributed by atoms with van der Waals surface area (Å²) in [6.45, 7) is 3.59. The molecule has 0 spiro atoms. The van der Waals surface area contributed by atoms with Gasteiger partial charge in [-0.2, -0.15) is 0 Å². The summed E-state index contributed by atoms with van der Waals surface area (Å²) >= 11 is 0. The predicted octanol–water partition coefficient (Wildman–Crippen LogP) is 3.72. The third kappa shape index (κ3) is 4.16. The lowest BCUT2D eigenvalue weighted by molar-refractivity contribution is 0.284. The molecule has 1 N–H and O–H groups in total. The number of hydrogen-bond acceptors (Lipinski definition) is 3. The van der Waals surface area contributed by atoms with Crippen molar-refractivity contribution >= 4 is 5.69 Å². The number of ether oxygens (including phenoxy) is 2. The van der Waals surface area contributed by atoms with Gasteiger partial charge in [-0.05, 0) is 37.3 Å². The second-order valence-electron chi connectivity index (χ2n) is 4.17. The van der Waals surface area contributed by atoms with E-state index in [1.807, 2.05) is 37.3 Å². The fourth-order valence-electron chi connectivity index (χ4n) is 1.80. The molecule has 0 atom stereocenters. The molecule has 20 heavy (non-hydrogen) atoms. The normalized spacial score (nSPS) is 10.1. The van der Waals surface area contributed by atoms with Crippen LogP contribution < -0.4 is 14.8 Å². The third-order valence-electron chi connectivity index (χ3n) is 2.66. The lowest BCUT2D eigenvalue weighted by atomic mass is 10.3. The minimum absolute atomic E-state index is 0.252. The maximum absolute atomic E-state index is 13.0. The largest absolute Gasteiger partial charge is 0.490 e. The average molecular weight is 275 g/mol. The fraction of sp³-hybridized carbons (Fsp3) is 0.250. The molecule has 4 heteroatoms. The zero-order valence-corrected chi connectivity index (χ0v) is 11.4. The Bertz CT molecular complexity index is 546. The van der Waals surface area contributed by atoms with Crippen molar-refractivity contribution in [1.29, 1.82) is 0 Å². The molecule has 0 aromatic heterocycles. The summed E-state index contributed by atoms with van der Waals surface area (Å²) in [7, 11) is 0. The molecule has 0 bridgehead atoms. The van der Waals surface area contributed by atoms with Crippen molar-refractivity contribution in [1.82, 2.24) is 0 Å². The van der Waals surface area contributed by atoms with E-state index in [1.54, 1.807) is 6.07 Å². The maximum atomic E-state index is 13.0. The van der Waals surface area contributed by atoms with Gasteiger partial charge in [0.15, 0.2) is 11.5 Å². The SMILES string of the molecule is CCOc1ccccc1OCCNc1cccc(F)c1. The summed E-state index contributed by atoms with van der Waals surface area (Å²) in [6, 6.07) is 13.9. The molecular formula is C16H18FNO2. The fourth-order valence-corrected chi connectivity index (χ4v) is 1.80. The zero-order chi connectivity index (χ0) is 14.2. The van der Waals surface area contributed by atoms with Gasteiger partial charge in [-0.1, -0.05) is 18.2 Å². The lowest BCUT2D eigenvalue weighted by Gasteiger charge is -2.12. The van der Waals surface area contributed by atoms with E-state index in [-0.39, 0.29) is 5.82 Å². The molecule has 0 aliphatic carbocycles. The van der Waals surface area contributed by atoms with Crippen LogP contribution in [0.1, 0.15) is 6.92 Å². The van der Waals surface area contributed by atoms with Crippen molar-refractivity contribution in [3.8, 4) is 11.5 Å². The molecule has 2 aromatic carbocycles. The molecule has 106 valence electrons. The van der Waals surface area contributed by atoms with Gasteiger partial charge in [-0.15, -0.1) is 0 Å². The highest BCUT2D eigenvalue weighted by molar-refractivity contribution is 5.43. The van der Waals surface area contributed by atoms with E-state index in [1.165, 1.54) is 12.1 Å². The van der Waals surface area contributed by atoms with Gasteiger partial charge in [0.05, 0.1) is 6.61 Å². The van der Waals surface area contributed by atoms with Crippen molar-refractivity contribution in [2.45, 2.75) is 6.92 Å². The van der Waals surface area contributed by atoms with E-state index in [9.17, 15) is 4.39 Å². The van der Waals surface area contributed by atoms with Crippen molar-refractivity contribution in [2.75, 3.05) is 25.1 Å². The van der Waals surface area contributed by atoms with Crippen LogP contribution in [0.15, 0.2) is 48.5 Å². The van der Waals surface area contributed by atoms with E-state index in [2.05, 4.69) is 5.32 Å². The monoisotopic (exact) mass is 275 g/mol. The molecule has 0 saturated carbocycles. The number of anilines is 1. The van der Waals surface area contributed by atoms with E-state index >= 15 is 0 Å². The molecule has 0 unspecified atom stereocenters. The first-order valence-electron chi connectivity index (χ1n) is 6.63. The molecule has 2 rings (SSSR count). The number of hydrogen-bond donors (Lipinski definition) is 1. The molecule has 0 fully saturated rings. The van der Waals surface area contributed by atoms with E-state index < -0.39 is 0 Å². The van der Waals surface area contributed by atoms with Gasteiger partial charge in [-0.3, -0.25) is 0 Å². The summed E-state index contributed by atoms with van der Waals surface area (Å²) in [4.78, 5) is 0. The summed E-state index contributed by atoms with van der Waals surface area (Å²) in [6.07, 6.45) is 0. The van der Waals surface area contributed by atoms with Crippen LogP contribution in [-0.2, 0) is 0 Å². The van der Waals surface area contributed by atoms with Gasteiger partial charge in [-0.25, -0.2) is 4.39 Å². The predicted molar refractivity (Wildman–Crippen MR) is 78.0 cm³/mol. The second-order valence-corrected chi connectivity index (χ2v) is 4.17. The first-order chi connectivity index (χ1) is 9.79. The molecule has 0 saturated heterocycles. The zero-order valence-electron chi connectivity index (χ0n) is 11.4. The number of para-hydroxylation sites is 2. The van der Waals surface area contributed by atoms with Crippen LogP contribution >= 0.6 is 0 Å². The van der Waals surface area contributed by atoms with Crippen LogP contribution in [0.3, 0.4) is 0 Å². The van der Waals surface area contributed by atoms with Crippen molar-refractivity contribution in [2.24, 2.45) is 0 Å². The topological polar surface area (TPSA) is 30.5 Å². The standard InChI is InChI=1S/C16H18FNO2/c1-2-19-15-8-3-4-9-16(15)20-11-10-18-14-7-5-6-13(17)12-14/h3-9,12,18H,2,10-11H2,1H3. The van der Waals surface area contributed by atoms with Crippen molar-refractivity contribution < 1.29 is 13.9 Å². The van der Waals surface area contributed by atoms with Crippen LogP contribution in [0.4, 0.5) is 10.1 Å². The van der Waals surface area contributed by atoms with Gasteiger partial charge in [0.1, 0.15) is 12.4 Å². The number of benzene rings is 2. The minimum atomic E-state index is -0.252. The lowest BCUT2D eigenvalue weighted by Crippen LogP contribution is -2.12. The average Bonchev–Trinajstić information content (AvgIpc) is 2.46. The Kier molecular flexibility index (Phi) is 5.24. The summed E-state index contributed by atoms with van der Waals surface area (Å²) in [5, 5.41) is 3.10. The van der Waals surface area contributed by atoms with Gasteiger partial charge in [0.25, 0.3) is 0 Å². The van der Waals surface area contributed by atoms with Gasteiger partial charge >= 0.3 is 0 Å². The summed E-state index contributed by atoms with van der Waals surface area (Å²) in [5.74, 6) is 1.20. The molecule has 3 nitrogen and oxygen atoms in total. The Morgan fingerprint density at radius 1 is 1.00 bits per heavy atom. The van der Waals surface area contributed by atoms with E-state index in [0.29, 0.717) is 19.8 Å². The molecule has 0 heterocycles. The number of halogens is 1. The Morgan fingerprint density at radius 2 is 1.75 bits per heavy atom. The first kappa shape index (κ1) is 14.2. The van der Waals surface area contributed by atoms with Crippen LogP contribution in [-0.4, -0.2) is 19.8 Å². The maximum Gasteiger partial charge on any atom is 0.161 e. The summed E-state index contributed by atoms with van der Waals surface area (Å²) < 4.78 is 24.1. The van der Waals surface area contributed by atoms with Crippen LogP contribution in [0.2, 0.25) is 0 Å². The van der Waals surface area contributed by atoms with Gasteiger partial charge < -0.3 is 14.8 Å². The number of nitrogens with one attached hydrogen (secondary N) is 1. The molecule has 0 aliphatic rings. The highest BCUT2D eigenvalue weighted by Crippen LogP contribution is 2.26. The quantitative estimate of drug-likeness (QED) is 0.781. The van der Waals surface area contributed by atoms with Crippen LogP contribution in [0.5, 0.6) is 11.5 Å². The highest BCUT2D eigenvalue weighted by Gasteiger charge is 2.02. The first-order valence-corrected chi connectivity index (χ1v) is 6.63. The van der Waals surface area contributed by atoms with Gasteiger partial charge in [0.2, 0.25) is 0 Å². The molecule has 2 aromatic rings. The van der Waals surface area contributed by atoms with Crippen molar-refractivity contribution in [3.63, 3.8) is 0 Å². The smallest absolute Gasteiger partial charge is 0.161 e. The Hall–Kier alpha value is -2.23. The minimum Gasteiger partial charge on any atom is -0.490 e. The Balaban J connectivity index is 1.81. The summed E-state index contributed by atoms with van der Waals surface area (Å²) in [5.41, 5.74) is 0.742. The molecule has 0 amide bonds. The highest BCUT2D eigenvalue weighted by atomic mass is 19.1. The van der Waals surface area contributed by atoms with E-state index in [0.717, 1.165) is 17.2 Å². The Morgan fingerprint density at radius 3 is 2.45 bits per heavy atom. The second kappa shape index (κ2) is 7.38. The molecule has 0 aliphatic heterocycles. The van der Waals surface area contributed by atoms with E-state index in [4.69, 9.17) is 9.47 Å². The third-order valence-corrected chi connectivity index (χ3v) is 2.66. The van der Waals surface area contributed by atoms with Gasteiger partial charge in [0, 0.05) is 12.2 Å². The van der Waals surface area contributed by atoms with Crippen LogP contribution in [0, 0.1) is 5.82 Å². The van der Waals surface area contributed by atoms with Crippen molar-refractivity contribution in [3.05, 3.63) is 54.3 Å². The number of rotatable bonds is 7. The van der Waals surface area contributed by atoms with Crippen LogP contribution in [0.25, 0.3) is 0 Å². The molecule has 0 radical (unpaired) electrons. The molecular weight excluding hydrogens is 257 g/mol.